The Morgan fingerprint density at radius 3 is 2.57 bits per heavy atom. The third kappa shape index (κ3) is 3.41. The molecular formula is C16H19ClN2O4. The number of hydrogen-bond acceptors (Lipinski definition) is 4. The highest BCUT2D eigenvalue weighted by molar-refractivity contribution is 6.04. The first-order valence-electron chi connectivity index (χ1n) is 7.72. The number of fused-ring (bicyclic) bond motifs is 4. The molecule has 1 aromatic carbocycles. The van der Waals surface area contributed by atoms with E-state index in [1.165, 1.54) is 48.9 Å². The zero-order chi connectivity index (χ0) is 16.6. The van der Waals surface area contributed by atoms with Gasteiger partial charge in [0.1, 0.15) is 18.8 Å². The van der Waals surface area contributed by atoms with E-state index >= 15 is 0 Å². The molecule has 2 aliphatic rings. The molecular weight excluding hydrogens is 320 g/mol. The molecule has 0 bridgehead atoms. The molecule has 4 rings (SSSR count). The maximum Gasteiger partial charge on any atom is 0.203 e. The molecule has 7 heteroatoms. The van der Waals surface area contributed by atoms with Crippen LogP contribution in [0.3, 0.4) is 0 Å². The van der Waals surface area contributed by atoms with Crippen molar-refractivity contribution in [2.45, 2.75) is 26.2 Å². The summed E-state index contributed by atoms with van der Waals surface area (Å²) in [7, 11) is -4.94. The van der Waals surface area contributed by atoms with Crippen LogP contribution in [0.1, 0.15) is 31.0 Å². The number of halogens is 1. The number of H-pyrrole nitrogens is 1. The van der Waals surface area contributed by atoms with Gasteiger partial charge in [-0.05, 0) is 18.1 Å². The summed E-state index contributed by atoms with van der Waals surface area (Å²) in [6.07, 6.45) is 3.79. The third-order valence-corrected chi connectivity index (χ3v) is 4.67. The normalized spacial score (nSPS) is 20.1. The van der Waals surface area contributed by atoms with E-state index in [2.05, 4.69) is 40.7 Å². The molecule has 0 aliphatic carbocycles. The average molecular weight is 339 g/mol. The Kier molecular flexibility index (Phi) is 4.44. The molecule has 0 saturated heterocycles. The predicted octanol–water partition coefficient (Wildman–Crippen LogP) is -1.80. The largest absolute Gasteiger partial charge is 0.350 e. The molecule has 0 radical (unpaired) electrons. The molecule has 0 saturated carbocycles. The Bertz CT molecular complexity index is 742. The minimum Gasteiger partial charge on any atom is -0.350 e. The van der Waals surface area contributed by atoms with Crippen LogP contribution in [0.15, 0.2) is 24.3 Å². The molecule has 6 nitrogen and oxygen atoms in total. The van der Waals surface area contributed by atoms with Gasteiger partial charge < -0.3 is 4.98 Å². The lowest BCUT2D eigenvalue weighted by molar-refractivity contribution is -2.00. The second kappa shape index (κ2) is 6.22. The average Bonchev–Trinajstić information content (AvgIpc) is 3.05. The van der Waals surface area contributed by atoms with Gasteiger partial charge in [0.25, 0.3) is 0 Å². The number of aromatic nitrogens is 1. The molecule has 1 atom stereocenters. The summed E-state index contributed by atoms with van der Waals surface area (Å²) in [5, 5.41) is 1.43. The lowest BCUT2D eigenvalue weighted by Crippen LogP contribution is -2.68. The molecule has 2 aliphatic heterocycles. The summed E-state index contributed by atoms with van der Waals surface area (Å²) in [6, 6.07) is 8.74. The van der Waals surface area contributed by atoms with Crippen LogP contribution in [0.4, 0.5) is 0 Å². The van der Waals surface area contributed by atoms with Crippen LogP contribution in [0.25, 0.3) is 10.9 Å². The highest BCUT2D eigenvalue weighted by atomic mass is 35.7. The molecule has 0 fully saturated rings. The minimum absolute atomic E-state index is 0.761. The second-order valence-corrected chi connectivity index (χ2v) is 6.67. The van der Waals surface area contributed by atoms with E-state index in [9.17, 15) is 0 Å². The van der Waals surface area contributed by atoms with Crippen molar-refractivity contribution in [1.29, 1.82) is 0 Å². The van der Waals surface area contributed by atoms with Crippen LogP contribution in [0.2, 0.25) is 0 Å². The lowest BCUT2D eigenvalue weighted by atomic mass is 9.93. The Balaban J connectivity index is 0.000000276. The van der Waals surface area contributed by atoms with Crippen molar-refractivity contribution in [1.82, 2.24) is 4.98 Å². The van der Waals surface area contributed by atoms with Gasteiger partial charge in [-0.25, -0.2) is 23.2 Å². The fourth-order valence-corrected chi connectivity index (χ4v) is 3.74. The van der Waals surface area contributed by atoms with E-state index in [0.717, 1.165) is 5.92 Å². The van der Waals surface area contributed by atoms with Crippen LogP contribution in [-0.2, 0) is 6.42 Å². The van der Waals surface area contributed by atoms with Gasteiger partial charge in [0.15, 0.2) is 0 Å². The first-order valence-corrected chi connectivity index (χ1v) is 8.95. The smallest absolute Gasteiger partial charge is 0.203 e. The van der Waals surface area contributed by atoms with Crippen molar-refractivity contribution in [3.63, 3.8) is 0 Å². The van der Waals surface area contributed by atoms with Crippen molar-refractivity contribution in [3.8, 4) is 0 Å². The molecule has 1 unspecified atom stereocenters. The van der Waals surface area contributed by atoms with Crippen molar-refractivity contribution in [3.05, 3.63) is 35.5 Å². The molecule has 124 valence electrons. The van der Waals surface area contributed by atoms with Crippen LogP contribution in [0, 0.1) is 16.2 Å². The van der Waals surface area contributed by atoms with Gasteiger partial charge in [-0.15, -0.1) is 10.2 Å². The van der Waals surface area contributed by atoms with E-state index in [1.807, 2.05) is 0 Å². The van der Waals surface area contributed by atoms with Crippen LogP contribution in [0.5, 0.6) is 0 Å². The highest BCUT2D eigenvalue weighted by Crippen LogP contribution is 2.32. The number of nitrogens with one attached hydrogen (secondary N) is 1. The highest BCUT2D eigenvalue weighted by Gasteiger charge is 2.38. The standard InChI is InChI=1S/C16H18N2.ClHO4/c1-2-11-7-9-18-10-8-13-12-5-3-4-6-14(12)17-15(13)16(11)18;2-1(3,4)5/h3-6,11H,2,7-10H2,1H3;(H,2,3,4,5). The first kappa shape index (κ1) is 16.4. The summed E-state index contributed by atoms with van der Waals surface area (Å²) >= 11 is 0. The summed E-state index contributed by atoms with van der Waals surface area (Å²) < 4.78 is 36.6. The molecule has 0 amide bonds. The van der Waals surface area contributed by atoms with E-state index in [1.54, 1.807) is 11.3 Å². The summed E-state index contributed by atoms with van der Waals surface area (Å²) in [6.45, 7) is 4.78. The Hall–Kier alpha value is -1.44. The molecule has 2 aromatic rings. The van der Waals surface area contributed by atoms with E-state index in [0.29, 0.717) is 0 Å². The Morgan fingerprint density at radius 1 is 1.17 bits per heavy atom. The number of aromatic amines is 1. The van der Waals surface area contributed by atoms with Gasteiger partial charge in [0.2, 0.25) is 5.71 Å². The Labute approximate surface area is 136 Å². The van der Waals surface area contributed by atoms with Crippen LogP contribution < -0.4 is 18.6 Å². The first-order chi connectivity index (χ1) is 10.9. The van der Waals surface area contributed by atoms with Gasteiger partial charge in [-0.3, -0.25) is 0 Å². The van der Waals surface area contributed by atoms with Crippen molar-refractivity contribution < 1.29 is 33.5 Å². The monoisotopic (exact) mass is 338 g/mol. The van der Waals surface area contributed by atoms with Gasteiger partial charge in [0.05, 0.1) is 5.92 Å². The van der Waals surface area contributed by atoms with E-state index in [-0.39, 0.29) is 0 Å². The van der Waals surface area contributed by atoms with Crippen molar-refractivity contribution in [2.75, 3.05) is 13.1 Å². The number of benzene rings is 1. The third-order valence-electron chi connectivity index (χ3n) is 4.67. The maximum atomic E-state index is 8.49. The number of nitrogens with zero attached hydrogens (tertiary/aromatic N) is 1. The predicted molar refractivity (Wildman–Crippen MR) is 74.5 cm³/mol. The van der Waals surface area contributed by atoms with E-state index < -0.39 is 10.2 Å². The lowest BCUT2D eigenvalue weighted by Gasteiger charge is -2.17. The fraction of sp³-hybridized carbons (Fsp3) is 0.438. The molecule has 0 spiro atoms. The number of para-hydroxylation sites is 1. The maximum absolute atomic E-state index is 8.49. The second-order valence-electron chi connectivity index (χ2n) is 5.92. The van der Waals surface area contributed by atoms with Gasteiger partial charge >= 0.3 is 0 Å². The van der Waals surface area contributed by atoms with Crippen LogP contribution in [-0.4, -0.2) is 28.4 Å². The van der Waals surface area contributed by atoms with Crippen LogP contribution >= 0.6 is 0 Å². The zero-order valence-corrected chi connectivity index (χ0v) is 13.6. The fourth-order valence-electron chi connectivity index (χ4n) is 3.74. The topological polar surface area (TPSA) is 111 Å². The van der Waals surface area contributed by atoms with E-state index in [4.69, 9.17) is 18.6 Å². The quantitative estimate of drug-likeness (QED) is 0.618. The molecule has 23 heavy (non-hydrogen) atoms. The summed E-state index contributed by atoms with van der Waals surface area (Å²) in [4.78, 5) is 3.67. The van der Waals surface area contributed by atoms with Gasteiger partial charge in [-0.2, -0.15) is 0 Å². The molecule has 3 heterocycles. The van der Waals surface area contributed by atoms with Crippen molar-refractivity contribution in [2.24, 2.45) is 5.92 Å². The SMILES string of the molecule is CCC1CC[N+]2=C1c1[nH]c3ccccc3c1CC2.[O-][Cl+3]([O-])([O-])[O-]. The van der Waals surface area contributed by atoms with Gasteiger partial charge in [0, 0.05) is 23.7 Å². The Morgan fingerprint density at radius 2 is 1.87 bits per heavy atom. The molecule has 1 aromatic heterocycles. The van der Waals surface area contributed by atoms with Gasteiger partial charge in [-0.1, -0.05) is 25.1 Å². The summed E-state index contributed by atoms with van der Waals surface area (Å²) in [5.74, 6) is 0.761. The minimum atomic E-state index is -4.94. The number of hydrogen-bond donors (Lipinski definition) is 1. The van der Waals surface area contributed by atoms with Crippen molar-refractivity contribution >= 4 is 16.6 Å². The zero-order valence-electron chi connectivity index (χ0n) is 12.9. The molecule has 1 N–H and O–H groups in total. The summed E-state index contributed by atoms with van der Waals surface area (Å²) in [5.41, 5.74) is 5.89. The number of rotatable bonds is 1.